The third kappa shape index (κ3) is 41.2. The van der Waals surface area contributed by atoms with Gasteiger partial charge in [0, 0.05) is 6.42 Å². The SMILES string of the molecule is CC/C=C\C/C=C\C/C=C\C/C=C\C/C=C\CCCCCCCCCCCCCCCCCCCCCCCCCCCC(=O)NC(COC1OC(CO)C(OC2OC(CO)C(OC3OC(CO)C(O)C(O)C3O)C(O)C2O)C(O)C1O)C(O)/C=C/CCCCCCCCCCCCCC. The Balaban J connectivity index is 1.27. The van der Waals surface area contributed by atoms with Crippen LogP contribution in [0, 0.1) is 0 Å². The van der Waals surface area contributed by atoms with Crippen LogP contribution in [-0.4, -0.2) is 193 Å². The van der Waals surface area contributed by atoms with Gasteiger partial charge in [-0.25, -0.2) is 0 Å². The lowest BCUT2D eigenvalue weighted by Gasteiger charge is -2.48. The maximum Gasteiger partial charge on any atom is 0.220 e. The van der Waals surface area contributed by atoms with Crippen LogP contribution in [0.15, 0.2) is 72.9 Å². The molecule has 17 unspecified atom stereocenters. The van der Waals surface area contributed by atoms with Gasteiger partial charge in [-0.05, 0) is 64.2 Å². The number of carbonyl (C=O) groups excluding carboxylic acids is 1. The van der Waals surface area contributed by atoms with Crippen LogP contribution < -0.4 is 5.32 Å². The molecule has 19 nitrogen and oxygen atoms in total. The molecule has 3 rings (SSSR count). The zero-order valence-corrected chi connectivity index (χ0v) is 62.2. The molecule has 0 spiro atoms. The second-order valence-electron chi connectivity index (χ2n) is 28.5. The number of hydrogen-bond acceptors (Lipinski definition) is 18. The molecule has 19 heteroatoms. The number of aliphatic hydroxyl groups is 11. The summed E-state index contributed by atoms with van der Waals surface area (Å²) in [6.07, 6.45) is 53.5. The van der Waals surface area contributed by atoms with Crippen molar-refractivity contribution in [1.29, 1.82) is 0 Å². The normalized spacial score (nSPS) is 26.8. The number of ether oxygens (including phenoxy) is 6. The Bertz CT molecular complexity index is 2090. The quantitative estimate of drug-likeness (QED) is 0.0199. The number of amides is 1. The fourth-order valence-electron chi connectivity index (χ4n) is 13.3. The summed E-state index contributed by atoms with van der Waals surface area (Å²) in [6.45, 7) is 1.63. The van der Waals surface area contributed by atoms with E-state index in [9.17, 15) is 61.0 Å². The van der Waals surface area contributed by atoms with Crippen LogP contribution in [0.1, 0.15) is 303 Å². The standard InChI is InChI=1S/C81H145NO18/c1-3-5-7-9-11-13-15-17-19-20-21-22-23-24-25-26-27-28-29-30-31-32-33-34-35-36-37-38-39-40-41-42-43-44-45-47-49-51-53-55-57-59-69(87)82-64(65(86)58-56-54-52-50-48-46-18-16-14-12-10-8-6-4-2)63-95-79-75(93)72(90)77(67(61-84)97-79)100-81-76(94)73(91)78(68(62-85)98-81)99-80-74(92)71(89)70(88)66(60-83)96-80/h5,7,11,13,17,19,21-22,24-25,56,58,64-68,70-81,83-86,88-94H,3-4,6,8-10,12,14-16,18,20,23,26-55,57,59-63H2,1-2H3,(H,82,87)/b7-5-,13-11-,19-17-,22-21-,25-24-,58-56+. The van der Waals surface area contributed by atoms with Crippen molar-refractivity contribution < 1.29 is 89.4 Å². The van der Waals surface area contributed by atoms with Crippen LogP contribution in [0.3, 0.4) is 0 Å². The maximum absolute atomic E-state index is 13.4. The predicted octanol–water partition coefficient (Wildman–Crippen LogP) is 13.2. The molecule has 3 aliphatic rings. The molecule has 582 valence electrons. The van der Waals surface area contributed by atoms with E-state index in [4.69, 9.17) is 28.4 Å². The molecule has 3 aliphatic heterocycles. The topological polar surface area (TPSA) is 307 Å². The third-order valence-electron chi connectivity index (χ3n) is 19.8. The van der Waals surface area contributed by atoms with Gasteiger partial charge in [-0.15, -0.1) is 0 Å². The molecular weight excluding hydrogens is 1270 g/mol. The zero-order valence-electron chi connectivity index (χ0n) is 62.2. The predicted molar refractivity (Wildman–Crippen MR) is 397 cm³/mol. The highest BCUT2D eigenvalue weighted by atomic mass is 16.8. The Morgan fingerprint density at radius 3 is 1.08 bits per heavy atom. The lowest BCUT2D eigenvalue weighted by molar-refractivity contribution is -0.379. The van der Waals surface area contributed by atoms with Gasteiger partial charge in [0.15, 0.2) is 18.9 Å². The summed E-state index contributed by atoms with van der Waals surface area (Å²) in [5.74, 6) is -0.272. The summed E-state index contributed by atoms with van der Waals surface area (Å²) < 4.78 is 34.4. The molecule has 0 bridgehead atoms. The van der Waals surface area contributed by atoms with Crippen LogP contribution in [0.5, 0.6) is 0 Å². The minimum absolute atomic E-state index is 0.246. The number of aliphatic hydroxyl groups excluding tert-OH is 11. The summed E-state index contributed by atoms with van der Waals surface area (Å²) in [5.41, 5.74) is 0. The van der Waals surface area contributed by atoms with E-state index in [1.807, 2.05) is 6.08 Å². The molecule has 0 aromatic rings. The zero-order chi connectivity index (χ0) is 72.5. The van der Waals surface area contributed by atoms with Gasteiger partial charge in [-0.1, -0.05) is 305 Å². The highest BCUT2D eigenvalue weighted by molar-refractivity contribution is 5.76. The maximum atomic E-state index is 13.4. The largest absolute Gasteiger partial charge is 0.394 e. The van der Waals surface area contributed by atoms with Crippen molar-refractivity contribution in [3.05, 3.63) is 72.9 Å². The molecule has 0 aromatic heterocycles. The van der Waals surface area contributed by atoms with E-state index in [2.05, 4.69) is 79.9 Å². The van der Waals surface area contributed by atoms with Crippen molar-refractivity contribution in [2.45, 2.75) is 407 Å². The van der Waals surface area contributed by atoms with E-state index < -0.39 is 124 Å². The van der Waals surface area contributed by atoms with Crippen molar-refractivity contribution in [3.8, 4) is 0 Å². The minimum Gasteiger partial charge on any atom is -0.394 e. The lowest BCUT2D eigenvalue weighted by Crippen LogP contribution is -2.66. The van der Waals surface area contributed by atoms with E-state index in [1.165, 1.54) is 199 Å². The molecule has 0 radical (unpaired) electrons. The Labute approximate surface area is 604 Å². The van der Waals surface area contributed by atoms with Crippen LogP contribution >= 0.6 is 0 Å². The van der Waals surface area contributed by atoms with Crippen molar-refractivity contribution in [2.24, 2.45) is 0 Å². The molecule has 3 saturated heterocycles. The molecule has 0 aliphatic carbocycles. The van der Waals surface area contributed by atoms with E-state index in [0.717, 1.165) is 77.0 Å². The molecule has 3 fully saturated rings. The summed E-state index contributed by atoms with van der Waals surface area (Å²) >= 11 is 0. The molecule has 1 amide bonds. The van der Waals surface area contributed by atoms with Gasteiger partial charge in [0.05, 0.1) is 38.6 Å². The summed E-state index contributed by atoms with van der Waals surface area (Å²) in [6, 6.07) is -0.973. The van der Waals surface area contributed by atoms with Gasteiger partial charge in [-0.2, -0.15) is 0 Å². The fraction of sp³-hybridized carbons (Fsp3) is 0.840. The van der Waals surface area contributed by atoms with Gasteiger partial charge < -0.3 is 89.9 Å². The molecule has 12 N–H and O–H groups in total. The molecule has 0 aromatic carbocycles. The van der Waals surface area contributed by atoms with Crippen molar-refractivity contribution in [1.82, 2.24) is 5.32 Å². The third-order valence-corrected chi connectivity index (χ3v) is 19.8. The van der Waals surface area contributed by atoms with E-state index in [-0.39, 0.29) is 18.9 Å². The summed E-state index contributed by atoms with van der Waals surface area (Å²) in [7, 11) is 0. The average molecular weight is 1420 g/mol. The van der Waals surface area contributed by atoms with E-state index in [0.29, 0.717) is 6.42 Å². The number of unbranched alkanes of at least 4 members (excludes halogenated alkanes) is 37. The molecule has 100 heavy (non-hydrogen) atoms. The van der Waals surface area contributed by atoms with Gasteiger partial charge in [-0.3, -0.25) is 4.79 Å². The van der Waals surface area contributed by atoms with Crippen LogP contribution in [-0.2, 0) is 33.2 Å². The molecule has 17 atom stereocenters. The highest BCUT2D eigenvalue weighted by Gasteiger charge is 2.54. The van der Waals surface area contributed by atoms with Crippen LogP contribution in [0.25, 0.3) is 0 Å². The van der Waals surface area contributed by atoms with Crippen molar-refractivity contribution in [3.63, 3.8) is 0 Å². The van der Waals surface area contributed by atoms with E-state index >= 15 is 0 Å². The first-order valence-corrected chi connectivity index (χ1v) is 40.2. The van der Waals surface area contributed by atoms with Gasteiger partial charge in [0.1, 0.15) is 73.2 Å². The Morgan fingerprint density at radius 1 is 0.370 bits per heavy atom. The Morgan fingerprint density at radius 2 is 0.690 bits per heavy atom. The van der Waals surface area contributed by atoms with Crippen LogP contribution in [0.4, 0.5) is 0 Å². The smallest absolute Gasteiger partial charge is 0.220 e. The fourth-order valence-corrected chi connectivity index (χ4v) is 13.3. The van der Waals surface area contributed by atoms with Crippen molar-refractivity contribution >= 4 is 5.91 Å². The number of nitrogens with one attached hydrogen (secondary N) is 1. The van der Waals surface area contributed by atoms with Crippen LogP contribution in [0.2, 0.25) is 0 Å². The summed E-state index contributed by atoms with van der Waals surface area (Å²) in [4.78, 5) is 13.4. The first kappa shape index (κ1) is 91.4. The second kappa shape index (κ2) is 61.4. The second-order valence-corrected chi connectivity index (χ2v) is 28.5. The molecule has 3 heterocycles. The lowest BCUT2D eigenvalue weighted by atomic mass is 9.96. The molecule has 0 saturated carbocycles. The number of carbonyl (C=O) groups is 1. The van der Waals surface area contributed by atoms with Gasteiger partial charge >= 0.3 is 0 Å². The average Bonchev–Trinajstić information content (AvgIpc) is 0.783. The minimum atomic E-state index is -1.98. The number of hydrogen-bond donors (Lipinski definition) is 12. The number of allylic oxidation sites excluding steroid dienone is 11. The monoisotopic (exact) mass is 1420 g/mol. The van der Waals surface area contributed by atoms with Gasteiger partial charge in [0.2, 0.25) is 5.91 Å². The van der Waals surface area contributed by atoms with E-state index in [1.54, 1.807) is 6.08 Å². The first-order chi connectivity index (χ1) is 48.8. The first-order valence-electron chi connectivity index (χ1n) is 40.2. The summed E-state index contributed by atoms with van der Waals surface area (Å²) in [5, 5.41) is 121. The van der Waals surface area contributed by atoms with Crippen molar-refractivity contribution in [2.75, 3.05) is 26.4 Å². The van der Waals surface area contributed by atoms with Gasteiger partial charge in [0.25, 0.3) is 0 Å². The Kier molecular flexibility index (Phi) is 56.1. The Hall–Kier alpha value is -2.77. The number of rotatable bonds is 63. The molecular formula is C81H145NO18. The highest BCUT2D eigenvalue weighted by Crippen LogP contribution is 2.33.